The fourth-order valence-electron chi connectivity index (χ4n) is 2.98. The van der Waals surface area contributed by atoms with Crippen molar-refractivity contribution in [2.45, 2.75) is 38.0 Å². The smallest absolute Gasteiger partial charge is 0.243 e. The Labute approximate surface area is 174 Å². The highest BCUT2D eigenvalue weighted by Gasteiger charge is 2.18. The predicted octanol–water partition coefficient (Wildman–Crippen LogP) is 3.79. The minimum Gasteiger partial charge on any atom is -0.346 e. The van der Waals surface area contributed by atoms with Crippen LogP contribution >= 0.6 is 11.8 Å². The van der Waals surface area contributed by atoms with E-state index in [1.807, 2.05) is 63.2 Å². The molecule has 7 heteroatoms. The Kier molecular flexibility index (Phi) is 6.49. The van der Waals surface area contributed by atoms with Crippen LogP contribution in [0.15, 0.2) is 47.5 Å². The van der Waals surface area contributed by atoms with Crippen molar-refractivity contribution in [1.29, 1.82) is 0 Å². The molecule has 0 aliphatic heterocycles. The summed E-state index contributed by atoms with van der Waals surface area (Å²) in [5, 5.41) is 6.85. The molecule has 1 heterocycles. The van der Waals surface area contributed by atoms with Gasteiger partial charge in [0.05, 0.1) is 17.3 Å². The fourth-order valence-corrected chi connectivity index (χ4v) is 3.99. The summed E-state index contributed by atoms with van der Waals surface area (Å²) < 4.78 is 0. The molecule has 2 amide bonds. The van der Waals surface area contributed by atoms with Gasteiger partial charge in [-0.15, -0.1) is 0 Å². The van der Waals surface area contributed by atoms with Crippen molar-refractivity contribution in [2.75, 3.05) is 11.9 Å². The van der Waals surface area contributed by atoms with Crippen LogP contribution in [0.5, 0.6) is 0 Å². The third-order valence-electron chi connectivity index (χ3n) is 4.51. The molecule has 150 valence electrons. The number of nitrogens with one attached hydrogen (secondary N) is 2. The van der Waals surface area contributed by atoms with E-state index in [0.717, 1.165) is 32.7 Å². The Bertz CT molecular complexity index is 1050. The Hall–Kier alpha value is -2.93. The second-order valence-electron chi connectivity index (χ2n) is 6.89. The van der Waals surface area contributed by atoms with Crippen LogP contribution in [-0.4, -0.2) is 33.6 Å². The SMILES string of the molecule is Cc1nc(S[C@@H](C)C(=O)NCC(=O)Nc2c(C)cccc2C)c2ccccc2n1. The molecule has 0 fully saturated rings. The topological polar surface area (TPSA) is 84.0 Å². The number of fused-ring (bicyclic) bond motifs is 1. The molecule has 0 bridgehead atoms. The summed E-state index contributed by atoms with van der Waals surface area (Å²) in [4.78, 5) is 33.7. The zero-order valence-corrected chi connectivity index (χ0v) is 17.8. The maximum atomic E-state index is 12.5. The van der Waals surface area contributed by atoms with Gasteiger partial charge in [-0.05, 0) is 44.9 Å². The molecular weight excluding hydrogens is 384 g/mol. The number of hydrogen-bond acceptors (Lipinski definition) is 5. The first kappa shape index (κ1) is 20.8. The lowest BCUT2D eigenvalue weighted by Crippen LogP contribution is -2.37. The number of thioether (sulfide) groups is 1. The molecule has 2 aromatic carbocycles. The minimum absolute atomic E-state index is 0.0823. The highest BCUT2D eigenvalue weighted by atomic mass is 32.2. The van der Waals surface area contributed by atoms with Gasteiger partial charge in [-0.25, -0.2) is 9.97 Å². The normalized spacial score (nSPS) is 11.9. The number of amides is 2. The molecule has 3 rings (SSSR count). The molecule has 2 N–H and O–H groups in total. The molecule has 0 saturated heterocycles. The number of para-hydroxylation sites is 2. The van der Waals surface area contributed by atoms with Crippen LogP contribution in [0.3, 0.4) is 0 Å². The summed E-state index contributed by atoms with van der Waals surface area (Å²) in [7, 11) is 0. The highest BCUT2D eigenvalue weighted by Crippen LogP contribution is 2.28. The largest absolute Gasteiger partial charge is 0.346 e. The average molecular weight is 409 g/mol. The molecule has 0 spiro atoms. The molecule has 29 heavy (non-hydrogen) atoms. The van der Waals surface area contributed by atoms with Gasteiger partial charge in [0.1, 0.15) is 10.9 Å². The molecule has 0 aliphatic carbocycles. The summed E-state index contributed by atoms with van der Waals surface area (Å²) in [6.45, 7) is 7.43. The number of rotatable bonds is 6. The number of anilines is 1. The predicted molar refractivity (Wildman–Crippen MR) is 117 cm³/mol. The molecule has 0 radical (unpaired) electrons. The second-order valence-corrected chi connectivity index (χ2v) is 8.22. The highest BCUT2D eigenvalue weighted by molar-refractivity contribution is 8.00. The third kappa shape index (κ3) is 5.12. The summed E-state index contributed by atoms with van der Waals surface area (Å²) >= 11 is 1.36. The van der Waals surface area contributed by atoms with Gasteiger partial charge in [0.2, 0.25) is 11.8 Å². The van der Waals surface area contributed by atoms with E-state index in [9.17, 15) is 9.59 Å². The summed E-state index contributed by atoms with van der Waals surface area (Å²) in [6, 6.07) is 13.5. The number of hydrogen-bond donors (Lipinski definition) is 2. The van der Waals surface area contributed by atoms with Gasteiger partial charge >= 0.3 is 0 Å². The van der Waals surface area contributed by atoms with E-state index >= 15 is 0 Å². The van der Waals surface area contributed by atoms with Crippen LogP contribution < -0.4 is 10.6 Å². The second kappa shape index (κ2) is 9.05. The number of aromatic nitrogens is 2. The van der Waals surface area contributed by atoms with Crippen LogP contribution in [0, 0.1) is 20.8 Å². The van der Waals surface area contributed by atoms with E-state index in [2.05, 4.69) is 20.6 Å². The Morgan fingerprint density at radius 1 is 1.00 bits per heavy atom. The van der Waals surface area contributed by atoms with Crippen LogP contribution in [0.25, 0.3) is 10.9 Å². The molecule has 6 nitrogen and oxygen atoms in total. The number of carbonyl (C=O) groups is 2. The van der Waals surface area contributed by atoms with E-state index < -0.39 is 5.25 Å². The quantitative estimate of drug-likeness (QED) is 0.479. The van der Waals surface area contributed by atoms with Gasteiger partial charge in [-0.1, -0.05) is 48.2 Å². The first-order chi connectivity index (χ1) is 13.8. The Morgan fingerprint density at radius 2 is 1.69 bits per heavy atom. The van der Waals surface area contributed by atoms with E-state index in [4.69, 9.17) is 0 Å². The summed E-state index contributed by atoms with van der Waals surface area (Å²) in [5.74, 6) is 0.190. The van der Waals surface area contributed by atoms with E-state index in [-0.39, 0.29) is 18.4 Å². The van der Waals surface area contributed by atoms with Crippen LogP contribution in [0.2, 0.25) is 0 Å². The summed E-state index contributed by atoms with van der Waals surface area (Å²) in [5.41, 5.74) is 3.61. The van der Waals surface area contributed by atoms with Crippen molar-refractivity contribution >= 4 is 40.2 Å². The van der Waals surface area contributed by atoms with Crippen molar-refractivity contribution in [3.63, 3.8) is 0 Å². The summed E-state index contributed by atoms with van der Waals surface area (Å²) in [6.07, 6.45) is 0. The van der Waals surface area contributed by atoms with Crippen molar-refractivity contribution in [1.82, 2.24) is 15.3 Å². The minimum atomic E-state index is -0.402. The van der Waals surface area contributed by atoms with E-state index in [0.29, 0.717) is 5.82 Å². The maximum absolute atomic E-state index is 12.5. The van der Waals surface area contributed by atoms with Crippen molar-refractivity contribution in [2.24, 2.45) is 0 Å². The van der Waals surface area contributed by atoms with E-state index in [1.54, 1.807) is 6.92 Å². The zero-order chi connectivity index (χ0) is 21.0. The number of nitrogens with zero attached hydrogens (tertiary/aromatic N) is 2. The van der Waals surface area contributed by atoms with Crippen LogP contribution in [-0.2, 0) is 9.59 Å². The van der Waals surface area contributed by atoms with Gasteiger partial charge in [-0.3, -0.25) is 9.59 Å². The van der Waals surface area contributed by atoms with Gasteiger partial charge in [0.25, 0.3) is 0 Å². The van der Waals surface area contributed by atoms with Crippen molar-refractivity contribution in [3.05, 3.63) is 59.4 Å². The van der Waals surface area contributed by atoms with Gasteiger partial charge in [0.15, 0.2) is 0 Å². The number of carbonyl (C=O) groups excluding carboxylic acids is 2. The molecule has 1 aromatic heterocycles. The third-order valence-corrected chi connectivity index (χ3v) is 5.61. The maximum Gasteiger partial charge on any atom is 0.243 e. The lowest BCUT2D eigenvalue weighted by molar-refractivity contribution is -0.123. The van der Waals surface area contributed by atoms with Crippen LogP contribution in [0.4, 0.5) is 5.69 Å². The number of aryl methyl sites for hydroxylation is 3. The van der Waals surface area contributed by atoms with Crippen LogP contribution in [0.1, 0.15) is 23.9 Å². The zero-order valence-electron chi connectivity index (χ0n) is 16.9. The molecule has 0 aliphatic rings. The Morgan fingerprint density at radius 3 is 2.41 bits per heavy atom. The molecular formula is C22H24N4O2S. The van der Waals surface area contributed by atoms with Crippen molar-refractivity contribution < 1.29 is 9.59 Å². The molecule has 3 aromatic rings. The monoisotopic (exact) mass is 408 g/mol. The first-order valence-corrected chi connectivity index (χ1v) is 10.3. The van der Waals surface area contributed by atoms with Gasteiger partial charge < -0.3 is 10.6 Å². The standard InChI is InChI=1S/C22H24N4O2S/c1-13-8-7-9-14(2)20(13)26-19(27)12-23-21(28)15(3)29-22-17-10-5-6-11-18(17)24-16(4)25-22/h5-11,15H,12H2,1-4H3,(H,23,28)(H,26,27)/t15-/m0/s1. The Balaban J connectivity index is 1.61. The van der Waals surface area contributed by atoms with Gasteiger partial charge in [0, 0.05) is 11.1 Å². The fraction of sp³-hybridized carbons (Fsp3) is 0.273. The van der Waals surface area contributed by atoms with Gasteiger partial charge in [-0.2, -0.15) is 0 Å². The lowest BCUT2D eigenvalue weighted by Gasteiger charge is -2.14. The first-order valence-electron chi connectivity index (χ1n) is 9.39. The molecule has 0 unspecified atom stereocenters. The average Bonchev–Trinajstić information content (AvgIpc) is 2.68. The lowest BCUT2D eigenvalue weighted by atomic mass is 10.1. The number of benzene rings is 2. The van der Waals surface area contributed by atoms with E-state index in [1.165, 1.54) is 11.8 Å². The molecule has 0 saturated carbocycles. The van der Waals surface area contributed by atoms with Crippen molar-refractivity contribution in [3.8, 4) is 0 Å². The molecule has 1 atom stereocenters.